The highest BCUT2D eigenvalue weighted by molar-refractivity contribution is 4.95. The number of nitrogens with two attached hydrogens (primary N) is 1. The van der Waals surface area contributed by atoms with Gasteiger partial charge in [-0.15, -0.1) is 0 Å². The molecule has 1 aliphatic carbocycles. The quantitative estimate of drug-likeness (QED) is 0.701. The molecule has 0 heterocycles. The smallest absolute Gasteiger partial charge is 0.00418 e. The Labute approximate surface area is 95.1 Å². The van der Waals surface area contributed by atoms with Crippen LogP contribution in [0.4, 0.5) is 0 Å². The van der Waals surface area contributed by atoms with Gasteiger partial charge in [0.1, 0.15) is 0 Å². The van der Waals surface area contributed by atoms with Gasteiger partial charge in [0.15, 0.2) is 0 Å². The van der Waals surface area contributed by atoms with E-state index in [0.717, 1.165) is 5.92 Å². The van der Waals surface area contributed by atoms with E-state index in [1.165, 1.54) is 37.7 Å². The van der Waals surface area contributed by atoms with E-state index in [4.69, 9.17) is 5.73 Å². The van der Waals surface area contributed by atoms with Crippen molar-refractivity contribution in [2.75, 3.05) is 0 Å². The van der Waals surface area contributed by atoms with Gasteiger partial charge in [-0.1, -0.05) is 25.5 Å². The van der Waals surface area contributed by atoms with Gasteiger partial charge >= 0.3 is 0 Å². The van der Waals surface area contributed by atoms with Gasteiger partial charge in [-0.3, -0.25) is 0 Å². The highest BCUT2D eigenvalue weighted by atomic mass is 14.6. The first-order valence-corrected chi connectivity index (χ1v) is 6.31. The minimum atomic E-state index is 0.453. The van der Waals surface area contributed by atoms with Crippen LogP contribution in [0.15, 0.2) is 11.6 Å². The molecule has 0 saturated heterocycles. The van der Waals surface area contributed by atoms with E-state index >= 15 is 0 Å². The maximum atomic E-state index is 6.06. The van der Waals surface area contributed by atoms with Crippen molar-refractivity contribution >= 4 is 0 Å². The molecular weight excluding hydrogens is 182 g/mol. The van der Waals surface area contributed by atoms with Crippen LogP contribution in [0.1, 0.15) is 59.8 Å². The zero-order chi connectivity index (χ0) is 11.5. The van der Waals surface area contributed by atoms with Crippen molar-refractivity contribution in [2.45, 2.75) is 65.8 Å². The normalized spacial score (nSPS) is 29.9. The summed E-state index contributed by atoms with van der Waals surface area (Å²) >= 11 is 0. The van der Waals surface area contributed by atoms with Crippen molar-refractivity contribution in [1.82, 2.24) is 0 Å². The molecule has 0 amide bonds. The van der Waals surface area contributed by atoms with E-state index in [1.807, 2.05) is 0 Å². The van der Waals surface area contributed by atoms with Crippen molar-refractivity contribution in [2.24, 2.45) is 17.1 Å². The summed E-state index contributed by atoms with van der Waals surface area (Å²) < 4.78 is 0. The first kappa shape index (κ1) is 12.8. The Hall–Kier alpha value is -0.300. The van der Waals surface area contributed by atoms with Crippen molar-refractivity contribution in [3.8, 4) is 0 Å². The Bertz CT molecular complexity index is 223. The lowest BCUT2D eigenvalue weighted by molar-refractivity contribution is 0.117. The molecule has 1 rings (SSSR count). The van der Waals surface area contributed by atoms with Crippen molar-refractivity contribution in [1.29, 1.82) is 0 Å². The third-order valence-corrected chi connectivity index (χ3v) is 3.92. The molecule has 2 N–H and O–H groups in total. The van der Waals surface area contributed by atoms with Crippen molar-refractivity contribution in [3.05, 3.63) is 11.6 Å². The van der Waals surface area contributed by atoms with Gasteiger partial charge in [0.05, 0.1) is 0 Å². The monoisotopic (exact) mass is 209 g/mol. The van der Waals surface area contributed by atoms with Gasteiger partial charge in [-0.2, -0.15) is 0 Å². The largest absolute Gasteiger partial charge is 0.328 e. The highest BCUT2D eigenvalue weighted by Gasteiger charge is 2.34. The van der Waals surface area contributed by atoms with E-state index in [-0.39, 0.29) is 0 Å². The molecule has 0 aromatic rings. The number of hydrogen-bond donors (Lipinski definition) is 1. The molecule has 0 radical (unpaired) electrons. The van der Waals surface area contributed by atoms with Crippen LogP contribution in [0.2, 0.25) is 0 Å². The Kier molecular flexibility index (Phi) is 4.39. The minimum absolute atomic E-state index is 0.453. The molecule has 2 unspecified atom stereocenters. The number of hydrogen-bond acceptors (Lipinski definition) is 1. The second-order valence-electron chi connectivity index (χ2n) is 6.08. The molecule has 0 bridgehead atoms. The number of rotatable bonds is 3. The Morgan fingerprint density at radius 2 is 2.07 bits per heavy atom. The summed E-state index contributed by atoms with van der Waals surface area (Å²) in [5.41, 5.74) is 8.01. The van der Waals surface area contributed by atoms with Crippen LogP contribution in [0.5, 0.6) is 0 Å². The van der Waals surface area contributed by atoms with Gasteiger partial charge in [0.2, 0.25) is 0 Å². The maximum absolute atomic E-state index is 6.06. The molecule has 1 saturated carbocycles. The van der Waals surface area contributed by atoms with E-state index in [1.54, 1.807) is 0 Å². The lowest BCUT2D eigenvalue weighted by Crippen LogP contribution is -2.38. The molecule has 0 aliphatic heterocycles. The van der Waals surface area contributed by atoms with Gasteiger partial charge in [0.25, 0.3) is 0 Å². The van der Waals surface area contributed by atoms with E-state index < -0.39 is 0 Å². The second-order valence-corrected chi connectivity index (χ2v) is 6.08. The van der Waals surface area contributed by atoms with Crippen LogP contribution < -0.4 is 5.73 Å². The average molecular weight is 209 g/mol. The summed E-state index contributed by atoms with van der Waals surface area (Å²) in [5.74, 6) is 0.817. The predicted octanol–water partition coefficient (Wildman–Crippen LogP) is 3.89. The molecular formula is C14H27N. The molecule has 2 atom stereocenters. The number of allylic oxidation sites excluding steroid dienone is 2. The van der Waals surface area contributed by atoms with Crippen LogP contribution in [-0.2, 0) is 0 Å². The Balaban J connectivity index is 2.46. The molecule has 0 aromatic carbocycles. The first-order chi connectivity index (χ1) is 6.92. The predicted molar refractivity (Wildman–Crippen MR) is 67.8 cm³/mol. The highest BCUT2D eigenvalue weighted by Crippen LogP contribution is 2.42. The zero-order valence-electron chi connectivity index (χ0n) is 10.8. The van der Waals surface area contributed by atoms with Gasteiger partial charge in [-0.25, -0.2) is 0 Å². The molecule has 1 nitrogen and oxygen atoms in total. The molecule has 0 spiro atoms. The van der Waals surface area contributed by atoms with Gasteiger partial charge in [0, 0.05) is 6.04 Å². The average Bonchev–Trinajstić information content (AvgIpc) is 2.11. The summed E-state index contributed by atoms with van der Waals surface area (Å²) in [6, 6.07) is 0.453. The molecule has 1 heteroatoms. The van der Waals surface area contributed by atoms with Crippen LogP contribution >= 0.6 is 0 Å². The van der Waals surface area contributed by atoms with Gasteiger partial charge < -0.3 is 5.73 Å². The fraction of sp³-hybridized carbons (Fsp3) is 0.857. The summed E-state index contributed by atoms with van der Waals surface area (Å²) in [7, 11) is 0. The summed E-state index contributed by atoms with van der Waals surface area (Å²) in [4.78, 5) is 0. The molecule has 88 valence electrons. The maximum Gasteiger partial charge on any atom is 0.00418 e. The summed E-state index contributed by atoms with van der Waals surface area (Å²) in [6.07, 6.45) is 8.63. The molecule has 1 fully saturated rings. The Morgan fingerprint density at radius 1 is 1.40 bits per heavy atom. The van der Waals surface area contributed by atoms with Crippen molar-refractivity contribution < 1.29 is 0 Å². The molecule has 15 heavy (non-hydrogen) atoms. The minimum Gasteiger partial charge on any atom is -0.328 e. The third-order valence-electron chi connectivity index (χ3n) is 3.92. The van der Waals surface area contributed by atoms with E-state index in [9.17, 15) is 0 Å². The summed E-state index contributed by atoms with van der Waals surface area (Å²) in [5, 5.41) is 0. The fourth-order valence-corrected chi connectivity index (χ4v) is 2.65. The summed E-state index contributed by atoms with van der Waals surface area (Å²) in [6.45, 7) is 9.17. The van der Waals surface area contributed by atoms with E-state index in [0.29, 0.717) is 11.5 Å². The van der Waals surface area contributed by atoms with Crippen LogP contribution in [-0.4, -0.2) is 6.04 Å². The van der Waals surface area contributed by atoms with Crippen molar-refractivity contribution in [3.63, 3.8) is 0 Å². The van der Waals surface area contributed by atoms with Crippen LogP contribution in [0.25, 0.3) is 0 Å². The van der Waals surface area contributed by atoms with Crippen LogP contribution in [0, 0.1) is 11.3 Å². The standard InChI is InChI=1S/C14H27N/c1-11(2)6-5-7-12-10-13(15)8-9-14(12,3)4/h6,12-13H,5,7-10,15H2,1-4H3. The lowest BCUT2D eigenvalue weighted by atomic mass is 9.66. The van der Waals surface area contributed by atoms with Gasteiger partial charge in [-0.05, 0) is 57.3 Å². The SMILES string of the molecule is CC(C)=CCCC1CC(N)CCC1(C)C. The second kappa shape index (κ2) is 5.16. The third kappa shape index (κ3) is 3.98. The first-order valence-electron chi connectivity index (χ1n) is 6.31. The molecule has 0 aromatic heterocycles. The lowest BCUT2D eigenvalue weighted by Gasteiger charge is -2.41. The fourth-order valence-electron chi connectivity index (χ4n) is 2.65. The zero-order valence-corrected chi connectivity index (χ0v) is 10.8. The van der Waals surface area contributed by atoms with Crippen LogP contribution in [0.3, 0.4) is 0 Å². The topological polar surface area (TPSA) is 26.0 Å². The Morgan fingerprint density at radius 3 is 2.67 bits per heavy atom. The van der Waals surface area contributed by atoms with E-state index in [2.05, 4.69) is 33.8 Å². The molecule has 1 aliphatic rings.